The second kappa shape index (κ2) is 2.60. The second-order valence-corrected chi connectivity index (χ2v) is 3.82. The standard InChI is InChI=1S/C11H15N/c1-9-5-2-3-6-10(9)11(12)7-4-8-11/h2-3,5-6H,4,7-8,12H2,1H3. The predicted octanol–water partition coefficient (Wildman–Crippen LogP) is 2.33. The lowest BCUT2D eigenvalue weighted by Gasteiger charge is -2.39. The van der Waals surface area contributed by atoms with E-state index in [1.165, 1.54) is 17.5 Å². The van der Waals surface area contributed by atoms with Crippen LogP contribution >= 0.6 is 0 Å². The molecule has 0 aromatic heterocycles. The van der Waals surface area contributed by atoms with Crippen LogP contribution < -0.4 is 5.73 Å². The molecule has 0 radical (unpaired) electrons. The molecule has 0 aliphatic heterocycles. The molecule has 2 N–H and O–H groups in total. The fourth-order valence-corrected chi connectivity index (χ4v) is 1.96. The maximum absolute atomic E-state index is 6.22. The highest BCUT2D eigenvalue weighted by atomic mass is 14.8. The zero-order chi connectivity index (χ0) is 8.60. The first-order chi connectivity index (χ1) is 5.72. The molecular weight excluding hydrogens is 146 g/mol. The van der Waals surface area contributed by atoms with Gasteiger partial charge in [-0.1, -0.05) is 24.3 Å². The molecule has 2 rings (SSSR count). The Morgan fingerprint density at radius 2 is 1.92 bits per heavy atom. The number of nitrogens with two attached hydrogens (primary N) is 1. The van der Waals surface area contributed by atoms with Crippen LogP contribution in [0, 0.1) is 6.92 Å². The van der Waals surface area contributed by atoms with Gasteiger partial charge >= 0.3 is 0 Å². The van der Waals surface area contributed by atoms with Crippen molar-refractivity contribution in [2.45, 2.75) is 31.7 Å². The maximum atomic E-state index is 6.22. The average Bonchev–Trinajstić information content (AvgIpc) is 2.01. The highest BCUT2D eigenvalue weighted by Gasteiger charge is 2.34. The van der Waals surface area contributed by atoms with E-state index in [-0.39, 0.29) is 5.54 Å². The van der Waals surface area contributed by atoms with E-state index < -0.39 is 0 Å². The summed E-state index contributed by atoms with van der Waals surface area (Å²) < 4.78 is 0. The molecule has 1 aromatic rings. The van der Waals surface area contributed by atoms with Crippen molar-refractivity contribution in [2.24, 2.45) is 5.73 Å². The third-order valence-corrected chi connectivity index (χ3v) is 2.93. The highest BCUT2D eigenvalue weighted by molar-refractivity contribution is 5.33. The van der Waals surface area contributed by atoms with Crippen LogP contribution in [0.3, 0.4) is 0 Å². The highest BCUT2D eigenvalue weighted by Crippen LogP contribution is 2.39. The Morgan fingerprint density at radius 3 is 2.42 bits per heavy atom. The molecule has 1 aromatic carbocycles. The average molecular weight is 161 g/mol. The second-order valence-electron chi connectivity index (χ2n) is 3.82. The number of rotatable bonds is 1. The van der Waals surface area contributed by atoms with E-state index in [0.717, 1.165) is 12.8 Å². The molecule has 0 spiro atoms. The molecule has 1 heteroatoms. The number of hydrogen-bond acceptors (Lipinski definition) is 1. The Bertz CT molecular complexity index is 287. The number of aryl methyl sites for hydroxylation is 1. The van der Waals surface area contributed by atoms with Gasteiger partial charge in [0.05, 0.1) is 0 Å². The van der Waals surface area contributed by atoms with Crippen LogP contribution in [0.25, 0.3) is 0 Å². The summed E-state index contributed by atoms with van der Waals surface area (Å²) in [6, 6.07) is 8.45. The first-order valence-electron chi connectivity index (χ1n) is 4.57. The van der Waals surface area contributed by atoms with E-state index in [9.17, 15) is 0 Å². The minimum absolute atomic E-state index is 0.00530. The summed E-state index contributed by atoms with van der Waals surface area (Å²) in [5.41, 5.74) is 8.91. The van der Waals surface area contributed by atoms with Gasteiger partial charge in [-0.05, 0) is 37.3 Å². The quantitative estimate of drug-likeness (QED) is 0.672. The first-order valence-corrected chi connectivity index (χ1v) is 4.57. The minimum Gasteiger partial charge on any atom is -0.321 e. The molecule has 0 bridgehead atoms. The molecule has 12 heavy (non-hydrogen) atoms. The SMILES string of the molecule is Cc1ccccc1C1(N)CCC1. The topological polar surface area (TPSA) is 26.0 Å². The molecule has 0 atom stereocenters. The molecule has 1 fully saturated rings. The first kappa shape index (κ1) is 7.81. The van der Waals surface area contributed by atoms with Crippen LogP contribution in [-0.4, -0.2) is 0 Å². The van der Waals surface area contributed by atoms with E-state index in [4.69, 9.17) is 5.73 Å². The van der Waals surface area contributed by atoms with Gasteiger partial charge in [0, 0.05) is 5.54 Å². The third-order valence-electron chi connectivity index (χ3n) is 2.93. The minimum atomic E-state index is 0.00530. The summed E-state index contributed by atoms with van der Waals surface area (Å²) in [7, 11) is 0. The van der Waals surface area contributed by atoms with Crippen molar-refractivity contribution in [3.05, 3.63) is 35.4 Å². The van der Waals surface area contributed by atoms with Crippen LogP contribution in [0.2, 0.25) is 0 Å². The fourth-order valence-electron chi connectivity index (χ4n) is 1.96. The van der Waals surface area contributed by atoms with Crippen molar-refractivity contribution in [1.82, 2.24) is 0 Å². The Balaban J connectivity index is 2.39. The van der Waals surface area contributed by atoms with E-state index in [0.29, 0.717) is 0 Å². The molecule has 1 saturated carbocycles. The van der Waals surface area contributed by atoms with Gasteiger partial charge in [0.25, 0.3) is 0 Å². The van der Waals surface area contributed by atoms with E-state index in [1.54, 1.807) is 0 Å². The molecule has 0 heterocycles. The van der Waals surface area contributed by atoms with Crippen LogP contribution in [0.5, 0.6) is 0 Å². The largest absolute Gasteiger partial charge is 0.321 e. The normalized spacial score (nSPS) is 20.2. The lowest BCUT2D eigenvalue weighted by molar-refractivity contribution is 0.252. The Hall–Kier alpha value is -0.820. The van der Waals surface area contributed by atoms with Crippen LogP contribution in [-0.2, 0) is 5.54 Å². The zero-order valence-electron chi connectivity index (χ0n) is 7.51. The predicted molar refractivity (Wildman–Crippen MR) is 50.9 cm³/mol. The number of benzene rings is 1. The van der Waals surface area contributed by atoms with E-state index in [2.05, 4.69) is 31.2 Å². The van der Waals surface area contributed by atoms with Crippen molar-refractivity contribution in [3.8, 4) is 0 Å². The summed E-state index contributed by atoms with van der Waals surface area (Å²) in [4.78, 5) is 0. The monoisotopic (exact) mass is 161 g/mol. The van der Waals surface area contributed by atoms with Gasteiger partial charge in [-0.3, -0.25) is 0 Å². The van der Waals surface area contributed by atoms with Crippen molar-refractivity contribution in [2.75, 3.05) is 0 Å². The van der Waals surface area contributed by atoms with Gasteiger partial charge in [0.15, 0.2) is 0 Å². The summed E-state index contributed by atoms with van der Waals surface area (Å²) >= 11 is 0. The van der Waals surface area contributed by atoms with Crippen molar-refractivity contribution < 1.29 is 0 Å². The molecule has 64 valence electrons. The fraction of sp³-hybridized carbons (Fsp3) is 0.455. The van der Waals surface area contributed by atoms with Gasteiger partial charge in [-0.2, -0.15) is 0 Å². The van der Waals surface area contributed by atoms with Crippen LogP contribution in [0.4, 0.5) is 0 Å². The van der Waals surface area contributed by atoms with E-state index >= 15 is 0 Å². The Kier molecular flexibility index (Phi) is 1.69. The lowest BCUT2D eigenvalue weighted by Crippen LogP contribution is -2.43. The maximum Gasteiger partial charge on any atom is 0.0412 e. The summed E-state index contributed by atoms with van der Waals surface area (Å²) in [5.74, 6) is 0. The smallest absolute Gasteiger partial charge is 0.0412 e. The lowest BCUT2D eigenvalue weighted by atomic mass is 9.71. The van der Waals surface area contributed by atoms with Gasteiger partial charge in [-0.15, -0.1) is 0 Å². The molecule has 0 amide bonds. The van der Waals surface area contributed by atoms with Gasteiger partial charge in [0.1, 0.15) is 0 Å². The molecule has 1 nitrogen and oxygen atoms in total. The zero-order valence-corrected chi connectivity index (χ0v) is 7.51. The summed E-state index contributed by atoms with van der Waals surface area (Å²) in [6.45, 7) is 2.14. The van der Waals surface area contributed by atoms with Crippen molar-refractivity contribution in [3.63, 3.8) is 0 Å². The Morgan fingerprint density at radius 1 is 1.25 bits per heavy atom. The molecule has 1 aliphatic rings. The van der Waals surface area contributed by atoms with Crippen LogP contribution in [0.15, 0.2) is 24.3 Å². The van der Waals surface area contributed by atoms with Crippen LogP contribution in [0.1, 0.15) is 30.4 Å². The van der Waals surface area contributed by atoms with Crippen molar-refractivity contribution >= 4 is 0 Å². The van der Waals surface area contributed by atoms with Gasteiger partial charge in [0.2, 0.25) is 0 Å². The summed E-state index contributed by atoms with van der Waals surface area (Å²) in [5, 5.41) is 0. The van der Waals surface area contributed by atoms with Crippen molar-refractivity contribution in [1.29, 1.82) is 0 Å². The number of hydrogen-bond donors (Lipinski definition) is 1. The Labute approximate surface area is 73.6 Å². The molecule has 1 aliphatic carbocycles. The van der Waals surface area contributed by atoms with E-state index in [1.807, 2.05) is 0 Å². The third kappa shape index (κ3) is 1.05. The molecular formula is C11H15N. The van der Waals surface area contributed by atoms with Gasteiger partial charge < -0.3 is 5.73 Å². The van der Waals surface area contributed by atoms with Gasteiger partial charge in [-0.25, -0.2) is 0 Å². The molecule has 0 unspecified atom stereocenters. The summed E-state index contributed by atoms with van der Waals surface area (Å²) in [6.07, 6.45) is 3.58. The molecule has 0 saturated heterocycles.